The zero-order valence-corrected chi connectivity index (χ0v) is 15.9. The average Bonchev–Trinajstić information content (AvgIpc) is 3.32. The van der Waals surface area contributed by atoms with Crippen molar-refractivity contribution in [2.45, 2.75) is 37.8 Å². The fraction of sp³-hybridized carbons (Fsp3) is 0.478. The van der Waals surface area contributed by atoms with E-state index in [1.54, 1.807) is 0 Å². The fourth-order valence-electron chi connectivity index (χ4n) is 4.81. The Hall–Kier alpha value is -1.88. The average molecular weight is 364 g/mol. The molecule has 2 aliphatic heterocycles. The highest BCUT2D eigenvalue weighted by molar-refractivity contribution is 6.05. The van der Waals surface area contributed by atoms with Crippen molar-refractivity contribution >= 4 is 21.9 Å². The Morgan fingerprint density at radius 1 is 0.852 bits per heavy atom. The maximum absolute atomic E-state index is 11.0. The van der Waals surface area contributed by atoms with Crippen LogP contribution < -0.4 is 0 Å². The van der Waals surface area contributed by atoms with E-state index in [9.17, 15) is 5.11 Å². The molecule has 4 heteroatoms. The van der Waals surface area contributed by atoms with Crippen LogP contribution in [0.2, 0.25) is 0 Å². The molecule has 5 rings (SSSR count). The Morgan fingerprint density at radius 3 is 2.41 bits per heavy atom. The van der Waals surface area contributed by atoms with Gasteiger partial charge in [-0.3, -0.25) is 4.90 Å². The molecule has 0 aliphatic carbocycles. The van der Waals surface area contributed by atoms with Crippen LogP contribution in [0.25, 0.3) is 21.9 Å². The van der Waals surface area contributed by atoms with Gasteiger partial charge in [0, 0.05) is 42.5 Å². The van der Waals surface area contributed by atoms with E-state index in [1.165, 1.54) is 29.2 Å². The minimum absolute atomic E-state index is 0.508. The van der Waals surface area contributed by atoms with Crippen molar-refractivity contribution in [2.75, 3.05) is 32.7 Å². The molecule has 1 N–H and O–H groups in total. The second-order valence-electron chi connectivity index (χ2n) is 8.38. The minimum Gasteiger partial charge on any atom is -0.456 e. The molecule has 4 nitrogen and oxygen atoms in total. The van der Waals surface area contributed by atoms with Gasteiger partial charge in [0.15, 0.2) is 0 Å². The predicted octanol–water partition coefficient (Wildman–Crippen LogP) is 4.01. The molecule has 0 bridgehead atoms. The summed E-state index contributed by atoms with van der Waals surface area (Å²) in [5, 5.41) is 13.4. The Morgan fingerprint density at radius 2 is 1.59 bits per heavy atom. The third-order valence-corrected chi connectivity index (χ3v) is 6.38. The first-order valence-electron chi connectivity index (χ1n) is 10.3. The number of benzene rings is 2. The van der Waals surface area contributed by atoms with Gasteiger partial charge in [0.1, 0.15) is 11.2 Å². The highest BCUT2D eigenvalue weighted by Crippen LogP contribution is 2.32. The zero-order valence-electron chi connectivity index (χ0n) is 15.9. The molecule has 2 fully saturated rings. The van der Waals surface area contributed by atoms with Gasteiger partial charge in [0.25, 0.3) is 0 Å². The van der Waals surface area contributed by atoms with Gasteiger partial charge in [-0.25, -0.2) is 0 Å². The number of hydrogen-bond donors (Lipinski definition) is 1. The summed E-state index contributed by atoms with van der Waals surface area (Å²) < 4.78 is 6.17. The van der Waals surface area contributed by atoms with E-state index in [4.69, 9.17) is 4.42 Å². The Kier molecular flexibility index (Phi) is 4.43. The van der Waals surface area contributed by atoms with Crippen LogP contribution in [0.1, 0.15) is 31.2 Å². The van der Waals surface area contributed by atoms with Crippen LogP contribution in [0.3, 0.4) is 0 Å². The van der Waals surface area contributed by atoms with Gasteiger partial charge in [0.05, 0.1) is 5.60 Å². The van der Waals surface area contributed by atoms with Gasteiger partial charge in [-0.15, -0.1) is 0 Å². The van der Waals surface area contributed by atoms with Crippen molar-refractivity contribution in [3.05, 3.63) is 48.0 Å². The van der Waals surface area contributed by atoms with Gasteiger partial charge in [-0.1, -0.05) is 36.4 Å². The van der Waals surface area contributed by atoms with E-state index in [-0.39, 0.29) is 0 Å². The van der Waals surface area contributed by atoms with Crippen LogP contribution in [0.15, 0.2) is 46.9 Å². The quantitative estimate of drug-likeness (QED) is 0.759. The molecule has 2 aliphatic rings. The van der Waals surface area contributed by atoms with Crippen molar-refractivity contribution in [2.24, 2.45) is 0 Å². The van der Waals surface area contributed by atoms with E-state index in [2.05, 4.69) is 40.1 Å². The lowest BCUT2D eigenvalue weighted by molar-refractivity contribution is -0.0430. The molecule has 3 heterocycles. The number of likely N-dealkylation sites (tertiary alicyclic amines) is 2. The molecule has 2 saturated heterocycles. The summed E-state index contributed by atoms with van der Waals surface area (Å²) in [5.41, 5.74) is 2.70. The van der Waals surface area contributed by atoms with E-state index in [0.717, 1.165) is 63.3 Å². The topological polar surface area (TPSA) is 39.9 Å². The molecule has 0 atom stereocenters. The lowest BCUT2D eigenvalue weighted by Gasteiger charge is -2.40. The normalized spacial score (nSPS) is 21.4. The van der Waals surface area contributed by atoms with E-state index in [1.807, 2.05) is 12.1 Å². The molecular weight excluding hydrogens is 336 g/mol. The second kappa shape index (κ2) is 6.93. The summed E-state index contributed by atoms with van der Waals surface area (Å²) in [6.45, 7) is 5.93. The smallest absolute Gasteiger partial charge is 0.139 e. The molecule has 0 radical (unpaired) electrons. The first kappa shape index (κ1) is 17.2. The van der Waals surface area contributed by atoms with Gasteiger partial charge in [0.2, 0.25) is 0 Å². The number of hydrogen-bond acceptors (Lipinski definition) is 4. The molecule has 0 saturated carbocycles. The predicted molar refractivity (Wildman–Crippen MR) is 109 cm³/mol. The Labute approximate surface area is 160 Å². The molecule has 27 heavy (non-hydrogen) atoms. The minimum atomic E-state index is -0.508. The number of para-hydroxylation sites is 2. The highest BCUT2D eigenvalue weighted by atomic mass is 16.3. The number of rotatable bonds is 4. The summed E-state index contributed by atoms with van der Waals surface area (Å²) in [7, 11) is 0. The number of furan rings is 1. The molecule has 0 unspecified atom stereocenters. The maximum atomic E-state index is 11.0. The number of β-amino-alcohol motifs (C(OH)–C–C–N with tert-alkyl or cyclic N) is 1. The van der Waals surface area contributed by atoms with Crippen LogP contribution in [0, 0.1) is 0 Å². The standard InChI is InChI=1S/C23H28N2O2/c26-23(17-25-12-3-4-13-25)10-14-24(15-11-23)16-18-6-5-8-20-19-7-1-2-9-21(19)27-22(18)20/h1-2,5-9,26H,3-4,10-17H2. The summed E-state index contributed by atoms with van der Waals surface area (Å²) in [5.74, 6) is 0. The largest absolute Gasteiger partial charge is 0.456 e. The van der Waals surface area contributed by atoms with Crippen molar-refractivity contribution < 1.29 is 9.52 Å². The molecule has 3 aromatic rings. The van der Waals surface area contributed by atoms with Crippen LogP contribution in [-0.2, 0) is 6.54 Å². The number of piperidine rings is 1. The van der Waals surface area contributed by atoms with Crippen LogP contribution in [-0.4, -0.2) is 53.2 Å². The zero-order chi connectivity index (χ0) is 18.3. The van der Waals surface area contributed by atoms with Gasteiger partial charge in [-0.05, 0) is 44.8 Å². The van der Waals surface area contributed by atoms with E-state index < -0.39 is 5.60 Å². The molecular formula is C23H28N2O2. The molecule has 142 valence electrons. The fourth-order valence-corrected chi connectivity index (χ4v) is 4.81. The first-order chi connectivity index (χ1) is 13.2. The molecule has 0 amide bonds. The SMILES string of the molecule is OC1(CN2CCCC2)CCN(Cc2cccc3c2oc2ccccc23)CC1. The maximum Gasteiger partial charge on any atom is 0.139 e. The van der Waals surface area contributed by atoms with Gasteiger partial charge in [-0.2, -0.15) is 0 Å². The summed E-state index contributed by atoms with van der Waals surface area (Å²) in [6.07, 6.45) is 4.28. The summed E-state index contributed by atoms with van der Waals surface area (Å²) in [4.78, 5) is 4.89. The van der Waals surface area contributed by atoms with Crippen molar-refractivity contribution in [1.29, 1.82) is 0 Å². The Balaban J connectivity index is 1.30. The second-order valence-corrected chi connectivity index (χ2v) is 8.38. The summed E-state index contributed by atoms with van der Waals surface area (Å²) in [6, 6.07) is 14.7. The number of aliphatic hydroxyl groups is 1. The number of fused-ring (bicyclic) bond motifs is 3. The lowest BCUT2D eigenvalue weighted by atomic mass is 9.90. The van der Waals surface area contributed by atoms with Crippen LogP contribution in [0.4, 0.5) is 0 Å². The van der Waals surface area contributed by atoms with E-state index in [0.29, 0.717) is 0 Å². The third kappa shape index (κ3) is 3.38. The monoisotopic (exact) mass is 364 g/mol. The molecule has 0 spiro atoms. The van der Waals surface area contributed by atoms with Crippen molar-refractivity contribution in [3.63, 3.8) is 0 Å². The number of nitrogens with zero attached hydrogens (tertiary/aromatic N) is 2. The summed E-state index contributed by atoms with van der Waals surface area (Å²) >= 11 is 0. The van der Waals surface area contributed by atoms with E-state index >= 15 is 0 Å². The molecule has 1 aromatic heterocycles. The lowest BCUT2D eigenvalue weighted by Crippen LogP contribution is -2.50. The van der Waals surface area contributed by atoms with Gasteiger partial charge < -0.3 is 14.4 Å². The third-order valence-electron chi connectivity index (χ3n) is 6.38. The first-order valence-corrected chi connectivity index (χ1v) is 10.3. The van der Waals surface area contributed by atoms with Gasteiger partial charge >= 0.3 is 0 Å². The van der Waals surface area contributed by atoms with Crippen LogP contribution >= 0.6 is 0 Å². The van der Waals surface area contributed by atoms with Crippen molar-refractivity contribution in [1.82, 2.24) is 9.80 Å². The molecule has 2 aromatic carbocycles. The van der Waals surface area contributed by atoms with Crippen molar-refractivity contribution in [3.8, 4) is 0 Å². The Bertz CT molecular complexity index is 934. The highest BCUT2D eigenvalue weighted by Gasteiger charge is 2.34. The van der Waals surface area contributed by atoms with Crippen LogP contribution in [0.5, 0.6) is 0 Å².